The molecule has 0 atom stereocenters. The van der Waals surface area contributed by atoms with Crippen LogP contribution in [-0.4, -0.2) is 19.5 Å². The number of hydrogen-bond acceptors (Lipinski definition) is 4. The molecule has 11 rings (SSSR count). The normalized spacial score (nSPS) is 11.6. The molecule has 3 aromatic heterocycles. The van der Waals surface area contributed by atoms with Crippen molar-refractivity contribution < 1.29 is 0 Å². The minimum absolute atomic E-state index is 0.618. The van der Waals surface area contributed by atoms with Gasteiger partial charge in [-0.1, -0.05) is 146 Å². The number of rotatable bonds is 6. The Morgan fingerprint density at radius 1 is 0.321 bits per heavy atom. The van der Waals surface area contributed by atoms with Crippen molar-refractivity contribution in [1.29, 1.82) is 0 Å². The first-order chi connectivity index (χ1) is 27.7. The van der Waals surface area contributed by atoms with E-state index in [1.807, 2.05) is 17.4 Å². The highest BCUT2D eigenvalue weighted by Crippen LogP contribution is 2.40. The van der Waals surface area contributed by atoms with Gasteiger partial charge in [-0.15, -0.1) is 11.3 Å². The Bertz CT molecular complexity index is 3200. The van der Waals surface area contributed by atoms with Crippen LogP contribution >= 0.6 is 11.3 Å². The maximum atomic E-state index is 5.27. The lowest BCUT2D eigenvalue weighted by atomic mass is 10.0. The maximum absolute atomic E-state index is 5.27. The molecule has 0 spiro atoms. The van der Waals surface area contributed by atoms with Crippen molar-refractivity contribution in [1.82, 2.24) is 19.5 Å². The van der Waals surface area contributed by atoms with E-state index in [4.69, 9.17) is 15.0 Å². The summed E-state index contributed by atoms with van der Waals surface area (Å²) in [4.78, 5) is 15.7. The fourth-order valence-electron chi connectivity index (χ4n) is 8.00. The van der Waals surface area contributed by atoms with Gasteiger partial charge in [0, 0.05) is 53.2 Å². The van der Waals surface area contributed by atoms with Crippen LogP contribution in [0.3, 0.4) is 0 Å². The summed E-state index contributed by atoms with van der Waals surface area (Å²) in [7, 11) is 0. The molecule has 0 unspecified atom stereocenters. The van der Waals surface area contributed by atoms with Crippen LogP contribution in [0.2, 0.25) is 0 Å². The Kier molecular flexibility index (Phi) is 7.64. The summed E-state index contributed by atoms with van der Waals surface area (Å²) in [6.07, 6.45) is 0. The molecule has 0 fully saturated rings. The number of nitrogens with zero attached hydrogens (tertiary/aromatic N) is 4. The van der Waals surface area contributed by atoms with Gasteiger partial charge in [-0.05, 0) is 65.2 Å². The van der Waals surface area contributed by atoms with Crippen LogP contribution in [-0.2, 0) is 0 Å². The van der Waals surface area contributed by atoms with E-state index in [1.54, 1.807) is 0 Å². The predicted molar refractivity (Wildman–Crippen MR) is 234 cm³/mol. The number of thiophene rings is 1. The molecule has 0 radical (unpaired) electrons. The average Bonchev–Trinajstić information content (AvgIpc) is 3.82. The molecule has 11 aromatic rings. The van der Waals surface area contributed by atoms with Gasteiger partial charge >= 0.3 is 0 Å². The molecule has 0 aliphatic carbocycles. The van der Waals surface area contributed by atoms with Gasteiger partial charge < -0.3 is 4.57 Å². The van der Waals surface area contributed by atoms with Crippen LogP contribution in [0.4, 0.5) is 0 Å². The van der Waals surface area contributed by atoms with Gasteiger partial charge in [-0.3, -0.25) is 0 Å². The lowest BCUT2D eigenvalue weighted by Crippen LogP contribution is -2.02. The summed E-state index contributed by atoms with van der Waals surface area (Å²) in [6, 6.07) is 68.6. The number of fused-ring (bicyclic) bond motifs is 6. The molecule has 262 valence electrons. The first-order valence-electron chi connectivity index (χ1n) is 18.8. The van der Waals surface area contributed by atoms with Crippen molar-refractivity contribution in [2.75, 3.05) is 0 Å². The quantitative estimate of drug-likeness (QED) is 0.171. The van der Waals surface area contributed by atoms with E-state index in [2.05, 4.69) is 193 Å². The molecular formula is C51H32N4S. The number of benzene rings is 8. The minimum atomic E-state index is 0.618. The lowest BCUT2D eigenvalue weighted by molar-refractivity contribution is 1.07. The lowest BCUT2D eigenvalue weighted by Gasteiger charge is -2.16. The largest absolute Gasteiger partial charge is 0.309 e. The van der Waals surface area contributed by atoms with Crippen molar-refractivity contribution in [3.05, 3.63) is 194 Å². The summed E-state index contributed by atoms with van der Waals surface area (Å²) in [5.74, 6) is 1.88. The Balaban J connectivity index is 1.16. The van der Waals surface area contributed by atoms with E-state index < -0.39 is 0 Å². The van der Waals surface area contributed by atoms with Gasteiger partial charge in [0.2, 0.25) is 0 Å². The van der Waals surface area contributed by atoms with Crippen molar-refractivity contribution in [2.45, 2.75) is 0 Å². The molecule has 5 heteroatoms. The Labute approximate surface area is 327 Å². The summed E-state index contributed by atoms with van der Waals surface area (Å²) in [5.41, 5.74) is 10.7. The van der Waals surface area contributed by atoms with Gasteiger partial charge in [0.05, 0.1) is 16.7 Å². The van der Waals surface area contributed by atoms with Crippen molar-refractivity contribution in [3.63, 3.8) is 0 Å². The molecule has 0 aliphatic rings. The molecule has 0 amide bonds. The highest BCUT2D eigenvalue weighted by molar-refractivity contribution is 7.25. The van der Waals surface area contributed by atoms with E-state index in [0.717, 1.165) is 55.7 Å². The van der Waals surface area contributed by atoms with E-state index in [0.29, 0.717) is 17.5 Å². The van der Waals surface area contributed by atoms with Crippen molar-refractivity contribution in [2.24, 2.45) is 0 Å². The molecular weight excluding hydrogens is 701 g/mol. The van der Waals surface area contributed by atoms with Gasteiger partial charge in [0.25, 0.3) is 0 Å². The number of hydrogen-bond donors (Lipinski definition) is 0. The standard InChI is InChI=1S/C51H32N4S/c1-3-14-33(15-4-1)35-18-13-19-36(30-35)49-52-50(37-27-29-48-43(31-37)42-22-9-12-25-47(42)56-48)54-51(53-49)38-26-28-39(34-16-5-2-6-17-34)46(32-38)55-44-23-10-7-20-40(44)41-21-8-11-24-45(41)55/h1-32H. The third kappa shape index (κ3) is 5.48. The second-order valence-electron chi connectivity index (χ2n) is 14.0. The Morgan fingerprint density at radius 2 is 0.821 bits per heavy atom. The molecule has 0 saturated carbocycles. The zero-order valence-corrected chi connectivity index (χ0v) is 31.0. The highest BCUT2D eigenvalue weighted by atomic mass is 32.1. The monoisotopic (exact) mass is 732 g/mol. The van der Waals surface area contributed by atoms with Gasteiger partial charge in [0.1, 0.15) is 0 Å². The highest BCUT2D eigenvalue weighted by Gasteiger charge is 2.19. The minimum Gasteiger partial charge on any atom is -0.309 e. The molecule has 0 bridgehead atoms. The Hall–Kier alpha value is -7.21. The topological polar surface area (TPSA) is 43.6 Å². The fraction of sp³-hybridized carbons (Fsp3) is 0. The first kappa shape index (κ1) is 32.2. The van der Waals surface area contributed by atoms with E-state index in [9.17, 15) is 0 Å². The van der Waals surface area contributed by atoms with Gasteiger partial charge in [-0.25, -0.2) is 15.0 Å². The summed E-state index contributed by atoms with van der Waals surface area (Å²) < 4.78 is 4.90. The molecule has 3 heterocycles. The van der Waals surface area contributed by atoms with Crippen LogP contribution < -0.4 is 0 Å². The molecule has 4 nitrogen and oxygen atoms in total. The predicted octanol–water partition coefficient (Wildman–Crippen LogP) is 13.7. The SMILES string of the molecule is c1ccc(-c2cccc(-c3nc(-c4ccc(-c5ccccc5)c(-n5c6ccccc6c6ccccc65)c4)nc(-c4ccc5sc6ccccc6c5c4)n3)c2)cc1. The number of aromatic nitrogens is 4. The summed E-state index contributed by atoms with van der Waals surface area (Å²) >= 11 is 1.81. The van der Waals surface area contributed by atoms with Crippen LogP contribution in [0.1, 0.15) is 0 Å². The zero-order chi connectivity index (χ0) is 37.0. The second-order valence-corrected chi connectivity index (χ2v) is 15.1. The average molecular weight is 733 g/mol. The van der Waals surface area contributed by atoms with Crippen LogP contribution in [0.5, 0.6) is 0 Å². The van der Waals surface area contributed by atoms with Crippen molar-refractivity contribution in [3.8, 4) is 62.1 Å². The van der Waals surface area contributed by atoms with E-state index >= 15 is 0 Å². The summed E-state index contributed by atoms with van der Waals surface area (Å²) in [6.45, 7) is 0. The zero-order valence-electron chi connectivity index (χ0n) is 30.2. The molecule has 56 heavy (non-hydrogen) atoms. The fourth-order valence-corrected chi connectivity index (χ4v) is 9.08. The van der Waals surface area contributed by atoms with E-state index in [1.165, 1.54) is 30.9 Å². The smallest absolute Gasteiger partial charge is 0.164 e. The summed E-state index contributed by atoms with van der Waals surface area (Å²) in [5, 5.41) is 4.88. The number of para-hydroxylation sites is 2. The van der Waals surface area contributed by atoms with Crippen molar-refractivity contribution >= 4 is 53.3 Å². The molecule has 0 saturated heterocycles. The second kappa shape index (κ2) is 13.3. The first-order valence-corrected chi connectivity index (χ1v) is 19.6. The van der Waals surface area contributed by atoms with Crippen LogP contribution in [0.25, 0.3) is 104 Å². The molecule has 8 aromatic carbocycles. The van der Waals surface area contributed by atoms with E-state index in [-0.39, 0.29) is 0 Å². The molecule has 0 aliphatic heterocycles. The van der Waals surface area contributed by atoms with Crippen LogP contribution in [0, 0.1) is 0 Å². The third-order valence-electron chi connectivity index (χ3n) is 10.7. The maximum Gasteiger partial charge on any atom is 0.164 e. The van der Waals surface area contributed by atoms with Gasteiger partial charge in [0.15, 0.2) is 17.5 Å². The van der Waals surface area contributed by atoms with Gasteiger partial charge in [-0.2, -0.15) is 0 Å². The van der Waals surface area contributed by atoms with Crippen LogP contribution in [0.15, 0.2) is 194 Å². The third-order valence-corrected chi connectivity index (χ3v) is 11.8. The molecule has 0 N–H and O–H groups in total. The Morgan fingerprint density at radius 3 is 1.52 bits per heavy atom.